The molecule has 0 radical (unpaired) electrons. The van der Waals surface area contributed by atoms with Crippen molar-refractivity contribution in [3.05, 3.63) is 11.4 Å². The summed E-state index contributed by atoms with van der Waals surface area (Å²) in [5.74, 6) is 4.00. The normalized spacial score (nSPS) is 16.6. The molecule has 0 aromatic carbocycles. The number of hydrogen-bond donors (Lipinski definition) is 2. The first kappa shape index (κ1) is 13.1. The quantitative estimate of drug-likeness (QED) is 0.812. The molecule has 1 unspecified atom stereocenters. The van der Waals surface area contributed by atoms with Gasteiger partial charge < -0.3 is 11.1 Å². The molecule has 2 rings (SSSR count). The number of nitrogens with zero attached hydrogens (tertiary/aromatic N) is 2. The van der Waals surface area contributed by atoms with Crippen molar-refractivity contribution in [3.63, 3.8) is 0 Å². The zero-order valence-electron chi connectivity index (χ0n) is 11.7. The third-order valence-corrected chi connectivity index (χ3v) is 3.72. The van der Waals surface area contributed by atoms with E-state index in [4.69, 9.17) is 5.73 Å². The predicted octanol–water partition coefficient (Wildman–Crippen LogP) is 2.78. The fourth-order valence-corrected chi connectivity index (χ4v) is 2.18. The van der Waals surface area contributed by atoms with Crippen LogP contribution in [0.2, 0.25) is 0 Å². The molecule has 100 valence electrons. The summed E-state index contributed by atoms with van der Waals surface area (Å²) in [5.41, 5.74) is 6.91. The smallest absolute Gasteiger partial charge is 0.134 e. The van der Waals surface area contributed by atoms with Gasteiger partial charge in [-0.1, -0.05) is 13.8 Å². The van der Waals surface area contributed by atoms with Crippen molar-refractivity contribution in [2.45, 2.75) is 46.5 Å². The molecule has 1 heterocycles. The van der Waals surface area contributed by atoms with E-state index in [1.165, 1.54) is 12.8 Å². The Morgan fingerprint density at radius 2 is 2.11 bits per heavy atom. The minimum Gasteiger partial charge on any atom is -0.383 e. The number of rotatable bonds is 6. The molecule has 1 fully saturated rings. The number of nitrogens with two attached hydrogens (primary N) is 1. The zero-order chi connectivity index (χ0) is 13.1. The Hall–Kier alpha value is -1.32. The summed E-state index contributed by atoms with van der Waals surface area (Å²) in [6, 6.07) is 0. The molecule has 0 aliphatic heterocycles. The molecule has 1 aromatic rings. The maximum atomic E-state index is 5.94. The van der Waals surface area contributed by atoms with Crippen molar-refractivity contribution in [3.8, 4) is 0 Å². The van der Waals surface area contributed by atoms with E-state index in [-0.39, 0.29) is 0 Å². The minimum absolute atomic E-state index is 0.607. The lowest BCUT2D eigenvalue weighted by atomic mass is 10.1. The third kappa shape index (κ3) is 3.12. The van der Waals surface area contributed by atoms with Gasteiger partial charge in [0.15, 0.2) is 0 Å². The molecule has 3 N–H and O–H groups in total. The number of nitrogens with one attached hydrogen (secondary N) is 1. The van der Waals surface area contributed by atoms with Gasteiger partial charge in [0.05, 0.1) is 0 Å². The highest BCUT2D eigenvalue weighted by molar-refractivity contribution is 5.54. The van der Waals surface area contributed by atoms with Gasteiger partial charge in [0.1, 0.15) is 17.5 Å². The van der Waals surface area contributed by atoms with E-state index in [9.17, 15) is 0 Å². The average Bonchev–Trinajstić information content (AvgIpc) is 3.16. The Morgan fingerprint density at radius 3 is 2.72 bits per heavy atom. The van der Waals surface area contributed by atoms with Crippen LogP contribution in [-0.4, -0.2) is 16.5 Å². The Labute approximate surface area is 109 Å². The van der Waals surface area contributed by atoms with Gasteiger partial charge >= 0.3 is 0 Å². The van der Waals surface area contributed by atoms with E-state index in [0.717, 1.165) is 48.4 Å². The maximum Gasteiger partial charge on any atom is 0.134 e. The van der Waals surface area contributed by atoms with Gasteiger partial charge in [0, 0.05) is 18.5 Å². The molecular weight excluding hydrogens is 224 g/mol. The lowest BCUT2D eigenvalue weighted by molar-refractivity contribution is 0.535. The number of aromatic nitrogens is 2. The third-order valence-electron chi connectivity index (χ3n) is 3.72. The first-order valence-electron chi connectivity index (χ1n) is 6.98. The fourth-order valence-electron chi connectivity index (χ4n) is 2.18. The molecule has 18 heavy (non-hydrogen) atoms. The second-order valence-corrected chi connectivity index (χ2v) is 5.44. The first-order valence-corrected chi connectivity index (χ1v) is 6.98. The zero-order valence-corrected chi connectivity index (χ0v) is 11.7. The Balaban J connectivity index is 2.04. The molecule has 1 aliphatic carbocycles. The van der Waals surface area contributed by atoms with Crippen molar-refractivity contribution < 1.29 is 0 Å². The summed E-state index contributed by atoms with van der Waals surface area (Å²) in [7, 11) is 0. The molecule has 1 atom stereocenters. The van der Waals surface area contributed by atoms with Gasteiger partial charge in [-0.05, 0) is 38.0 Å². The fraction of sp³-hybridized carbons (Fsp3) is 0.714. The highest BCUT2D eigenvalue weighted by Crippen LogP contribution is 2.36. The number of hydrogen-bond acceptors (Lipinski definition) is 4. The summed E-state index contributed by atoms with van der Waals surface area (Å²) < 4.78 is 0. The van der Waals surface area contributed by atoms with Crippen LogP contribution in [0, 0.1) is 18.8 Å². The average molecular weight is 248 g/mol. The molecule has 0 amide bonds. The van der Waals surface area contributed by atoms with E-state index in [0.29, 0.717) is 5.82 Å². The van der Waals surface area contributed by atoms with Gasteiger partial charge in [-0.25, -0.2) is 9.97 Å². The first-order chi connectivity index (χ1) is 8.61. The summed E-state index contributed by atoms with van der Waals surface area (Å²) in [6.07, 6.45) is 4.70. The molecular formula is C14H24N4. The van der Waals surface area contributed by atoms with Gasteiger partial charge in [-0.2, -0.15) is 0 Å². The van der Waals surface area contributed by atoms with Gasteiger partial charge in [-0.15, -0.1) is 0 Å². The molecule has 1 aliphatic rings. The van der Waals surface area contributed by atoms with Crippen molar-refractivity contribution in [1.82, 2.24) is 9.97 Å². The van der Waals surface area contributed by atoms with E-state index >= 15 is 0 Å². The van der Waals surface area contributed by atoms with E-state index in [2.05, 4.69) is 29.1 Å². The summed E-state index contributed by atoms with van der Waals surface area (Å²) in [5, 5.41) is 3.44. The molecule has 4 heteroatoms. The molecule has 0 saturated heterocycles. The van der Waals surface area contributed by atoms with Crippen LogP contribution in [0.15, 0.2) is 0 Å². The number of nitrogen functional groups attached to an aromatic ring is 1. The van der Waals surface area contributed by atoms with Gasteiger partial charge in [0.2, 0.25) is 0 Å². The van der Waals surface area contributed by atoms with Crippen LogP contribution in [0.3, 0.4) is 0 Å². The molecule has 1 saturated carbocycles. The van der Waals surface area contributed by atoms with Crippen molar-refractivity contribution in [1.29, 1.82) is 0 Å². The van der Waals surface area contributed by atoms with Crippen molar-refractivity contribution in [2.75, 3.05) is 17.6 Å². The highest BCUT2D eigenvalue weighted by atomic mass is 15.1. The number of aryl methyl sites for hydroxylation is 1. The Morgan fingerprint density at radius 1 is 1.39 bits per heavy atom. The predicted molar refractivity (Wildman–Crippen MR) is 75.6 cm³/mol. The monoisotopic (exact) mass is 248 g/mol. The summed E-state index contributed by atoms with van der Waals surface area (Å²) in [4.78, 5) is 8.90. The molecule has 1 aromatic heterocycles. The van der Waals surface area contributed by atoms with Gasteiger partial charge in [-0.3, -0.25) is 0 Å². The van der Waals surface area contributed by atoms with Crippen LogP contribution in [0.25, 0.3) is 0 Å². The van der Waals surface area contributed by atoms with E-state index in [1.807, 2.05) is 6.92 Å². The Bertz CT molecular complexity index is 413. The summed E-state index contributed by atoms with van der Waals surface area (Å²) in [6.45, 7) is 7.39. The standard InChI is InChI=1S/C14H24N4/c1-4-5-12-17-13(15)10(3)14(18-12)16-8-9(2)11-6-7-11/h9,11H,4-8H2,1-3H3,(H3,15,16,17,18). The van der Waals surface area contributed by atoms with Crippen LogP contribution >= 0.6 is 0 Å². The lowest BCUT2D eigenvalue weighted by Gasteiger charge is -2.15. The van der Waals surface area contributed by atoms with E-state index < -0.39 is 0 Å². The van der Waals surface area contributed by atoms with Crippen molar-refractivity contribution in [2.24, 2.45) is 11.8 Å². The summed E-state index contributed by atoms with van der Waals surface area (Å²) >= 11 is 0. The number of anilines is 2. The van der Waals surface area contributed by atoms with Crippen molar-refractivity contribution >= 4 is 11.6 Å². The van der Waals surface area contributed by atoms with Crippen LogP contribution in [0.4, 0.5) is 11.6 Å². The van der Waals surface area contributed by atoms with Crippen LogP contribution in [-0.2, 0) is 6.42 Å². The molecule has 0 spiro atoms. The maximum absolute atomic E-state index is 5.94. The SMILES string of the molecule is CCCc1nc(N)c(C)c(NCC(C)C2CC2)n1. The molecule has 4 nitrogen and oxygen atoms in total. The lowest BCUT2D eigenvalue weighted by Crippen LogP contribution is -2.16. The van der Waals surface area contributed by atoms with Crippen LogP contribution < -0.4 is 11.1 Å². The second kappa shape index (κ2) is 5.55. The van der Waals surface area contributed by atoms with Crippen LogP contribution in [0.1, 0.15) is 44.5 Å². The van der Waals surface area contributed by atoms with Gasteiger partial charge in [0.25, 0.3) is 0 Å². The Kier molecular flexibility index (Phi) is 4.04. The largest absolute Gasteiger partial charge is 0.383 e. The topological polar surface area (TPSA) is 63.8 Å². The molecule has 0 bridgehead atoms. The van der Waals surface area contributed by atoms with E-state index in [1.54, 1.807) is 0 Å². The minimum atomic E-state index is 0.607. The second-order valence-electron chi connectivity index (χ2n) is 5.44. The highest BCUT2D eigenvalue weighted by Gasteiger charge is 2.27. The van der Waals surface area contributed by atoms with Crippen LogP contribution in [0.5, 0.6) is 0 Å².